The molecule has 2 fully saturated rings. The average Bonchev–Trinajstić information content (AvgIpc) is 3.16. The highest BCUT2D eigenvalue weighted by Gasteiger charge is 2.50. The number of nitrogens with one attached hydrogen (secondary N) is 1. The zero-order valence-electron chi connectivity index (χ0n) is 14.1. The summed E-state index contributed by atoms with van der Waals surface area (Å²) in [7, 11) is 1.81. The van der Waals surface area contributed by atoms with Crippen molar-refractivity contribution in [3.05, 3.63) is 59.7 Å². The number of rotatable bonds is 2. The van der Waals surface area contributed by atoms with Gasteiger partial charge in [-0.15, -0.1) is 0 Å². The number of likely N-dealkylation sites (tertiary alicyclic amines) is 1. The molecule has 2 aliphatic heterocycles. The number of amides is 1. The van der Waals surface area contributed by atoms with Gasteiger partial charge in [0.15, 0.2) is 0 Å². The van der Waals surface area contributed by atoms with Gasteiger partial charge in [-0.2, -0.15) is 0 Å². The molecule has 5 heteroatoms. The molecule has 0 radical (unpaired) electrons. The van der Waals surface area contributed by atoms with E-state index < -0.39 is 5.54 Å². The standard InChI is InChI=1S/C20H20F2N2O/c1-24-11-10-20(19(24)25)9-8-18(23-20)16-12-14(4-7-17(16)22)13-2-5-15(21)6-3-13/h2-7,12,18,23H,8-11H2,1H3. The summed E-state index contributed by atoms with van der Waals surface area (Å²) in [6.07, 6.45) is 2.21. The van der Waals surface area contributed by atoms with Gasteiger partial charge in [0.05, 0.1) is 0 Å². The Bertz CT molecular complexity index is 821. The maximum absolute atomic E-state index is 14.5. The Hall–Kier alpha value is -2.27. The minimum atomic E-state index is -0.544. The van der Waals surface area contributed by atoms with E-state index in [9.17, 15) is 13.6 Å². The smallest absolute Gasteiger partial charge is 0.242 e. The summed E-state index contributed by atoms with van der Waals surface area (Å²) < 4.78 is 27.6. The lowest BCUT2D eigenvalue weighted by Gasteiger charge is -2.23. The van der Waals surface area contributed by atoms with Gasteiger partial charge in [0.25, 0.3) is 0 Å². The molecule has 0 aliphatic carbocycles. The number of benzene rings is 2. The first-order valence-corrected chi connectivity index (χ1v) is 8.57. The molecule has 4 rings (SSSR count). The van der Waals surface area contributed by atoms with E-state index in [2.05, 4.69) is 5.32 Å². The molecule has 1 N–H and O–H groups in total. The van der Waals surface area contributed by atoms with Crippen LogP contribution in [0.1, 0.15) is 30.9 Å². The Morgan fingerprint density at radius 1 is 1.08 bits per heavy atom. The van der Waals surface area contributed by atoms with Gasteiger partial charge in [-0.05, 0) is 54.7 Å². The molecule has 0 aromatic heterocycles. The summed E-state index contributed by atoms with van der Waals surface area (Å²) in [4.78, 5) is 14.2. The number of carbonyl (C=O) groups is 1. The van der Waals surface area contributed by atoms with Gasteiger partial charge in [0.2, 0.25) is 5.91 Å². The largest absolute Gasteiger partial charge is 0.344 e. The highest BCUT2D eigenvalue weighted by atomic mass is 19.1. The van der Waals surface area contributed by atoms with Gasteiger partial charge in [0.1, 0.15) is 17.2 Å². The van der Waals surface area contributed by atoms with Crippen molar-refractivity contribution in [3.63, 3.8) is 0 Å². The number of halogens is 2. The minimum absolute atomic E-state index is 0.102. The summed E-state index contributed by atoms with van der Waals surface area (Å²) >= 11 is 0. The molecular formula is C20H20F2N2O. The van der Waals surface area contributed by atoms with Gasteiger partial charge in [-0.25, -0.2) is 8.78 Å². The molecule has 1 amide bonds. The summed E-state index contributed by atoms with van der Waals surface area (Å²) in [6, 6.07) is 10.9. The van der Waals surface area contributed by atoms with Crippen molar-refractivity contribution >= 4 is 5.91 Å². The zero-order chi connectivity index (χ0) is 17.6. The third-order valence-electron chi connectivity index (χ3n) is 5.49. The molecule has 25 heavy (non-hydrogen) atoms. The fourth-order valence-corrected chi connectivity index (χ4v) is 4.03. The fourth-order valence-electron chi connectivity index (χ4n) is 4.03. The molecule has 2 aliphatic rings. The SMILES string of the molecule is CN1CCC2(CCC(c3cc(-c4ccc(F)cc4)ccc3F)N2)C1=O. The quantitative estimate of drug-likeness (QED) is 0.903. The molecule has 2 unspecified atom stereocenters. The summed E-state index contributed by atoms with van der Waals surface area (Å²) in [5.41, 5.74) is 1.71. The van der Waals surface area contributed by atoms with Crippen molar-refractivity contribution in [3.8, 4) is 11.1 Å². The third kappa shape index (κ3) is 2.72. The molecule has 2 aromatic carbocycles. The Kier molecular flexibility index (Phi) is 3.84. The van der Waals surface area contributed by atoms with Crippen LogP contribution in [0.15, 0.2) is 42.5 Å². The number of carbonyl (C=O) groups excluding carboxylic acids is 1. The summed E-state index contributed by atoms with van der Waals surface area (Å²) in [6.45, 7) is 0.733. The van der Waals surface area contributed by atoms with Gasteiger partial charge < -0.3 is 4.90 Å². The molecule has 3 nitrogen and oxygen atoms in total. The highest BCUT2D eigenvalue weighted by Crippen LogP contribution is 2.40. The second-order valence-electron chi connectivity index (χ2n) is 7.04. The van der Waals surface area contributed by atoms with Gasteiger partial charge >= 0.3 is 0 Å². The van der Waals surface area contributed by atoms with E-state index in [0.717, 1.165) is 36.9 Å². The number of hydrogen-bond acceptors (Lipinski definition) is 2. The topological polar surface area (TPSA) is 32.3 Å². The van der Waals surface area contributed by atoms with E-state index in [-0.39, 0.29) is 23.6 Å². The van der Waals surface area contributed by atoms with Crippen LogP contribution >= 0.6 is 0 Å². The average molecular weight is 342 g/mol. The van der Waals surface area contributed by atoms with E-state index in [0.29, 0.717) is 5.56 Å². The van der Waals surface area contributed by atoms with Crippen LogP contribution in [-0.2, 0) is 4.79 Å². The second kappa shape index (κ2) is 5.92. The van der Waals surface area contributed by atoms with E-state index in [1.165, 1.54) is 18.2 Å². The Morgan fingerprint density at radius 3 is 2.48 bits per heavy atom. The van der Waals surface area contributed by atoms with Crippen molar-refractivity contribution in [2.24, 2.45) is 0 Å². The molecule has 2 atom stereocenters. The van der Waals surface area contributed by atoms with E-state index in [1.807, 2.05) is 13.1 Å². The Balaban J connectivity index is 1.64. The van der Waals surface area contributed by atoms with Gasteiger partial charge in [0, 0.05) is 25.2 Å². The zero-order valence-corrected chi connectivity index (χ0v) is 14.1. The Labute approximate surface area is 145 Å². The van der Waals surface area contributed by atoms with Crippen LogP contribution in [0.5, 0.6) is 0 Å². The predicted octanol–water partition coefficient (Wildman–Crippen LogP) is 3.66. The first-order valence-electron chi connectivity index (χ1n) is 8.57. The molecule has 0 saturated carbocycles. The van der Waals surface area contributed by atoms with Crippen LogP contribution in [0.2, 0.25) is 0 Å². The van der Waals surface area contributed by atoms with Gasteiger partial charge in [-0.3, -0.25) is 10.1 Å². The highest BCUT2D eigenvalue weighted by molar-refractivity contribution is 5.88. The molecule has 2 aromatic rings. The molecule has 1 spiro atoms. The van der Waals surface area contributed by atoms with Crippen LogP contribution in [0.4, 0.5) is 8.78 Å². The van der Waals surface area contributed by atoms with Crippen LogP contribution in [0.25, 0.3) is 11.1 Å². The maximum atomic E-state index is 14.5. The molecule has 2 heterocycles. The number of nitrogens with zero attached hydrogens (tertiary/aromatic N) is 1. The van der Waals surface area contributed by atoms with Crippen LogP contribution in [0.3, 0.4) is 0 Å². The van der Waals surface area contributed by atoms with E-state index in [1.54, 1.807) is 23.1 Å². The van der Waals surface area contributed by atoms with Crippen molar-refractivity contribution in [2.75, 3.05) is 13.6 Å². The first kappa shape index (κ1) is 16.2. The number of hydrogen-bond donors (Lipinski definition) is 1. The lowest BCUT2D eigenvalue weighted by Crippen LogP contribution is -2.47. The lowest BCUT2D eigenvalue weighted by atomic mass is 9.95. The van der Waals surface area contributed by atoms with Gasteiger partial charge in [-0.1, -0.05) is 18.2 Å². The number of likely N-dealkylation sites (N-methyl/N-ethyl adjacent to an activating group) is 1. The maximum Gasteiger partial charge on any atom is 0.242 e. The first-order chi connectivity index (χ1) is 12.0. The second-order valence-corrected chi connectivity index (χ2v) is 7.04. The van der Waals surface area contributed by atoms with Crippen molar-refractivity contribution in [1.82, 2.24) is 10.2 Å². The van der Waals surface area contributed by atoms with Crippen LogP contribution < -0.4 is 5.32 Å². The summed E-state index contributed by atoms with van der Waals surface area (Å²) in [5.74, 6) is -0.473. The van der Waals surface area contributed by atoms with E-state index >= 15 is 0 Å². The molecule has 2 saturated heterocycles. The summed E-state index contributed by atoms with van der Waals surface area (Å²) in [5, 5.41) is 3.40. The molecule has 130 valence electrons. The monoisotopic (exact) mass is 342 g/mol. The van der Waals surface area contributed by atoms with Crippen molar-refractivity contribution < 1.29 is 13.6 Å². The third-order valence-corrected chi connectivity index (χ3v) is 5.49. The predicted molar refractivity (Wildman–Crippen MR) is 91.9 cm³/mol. The van der Waals surface area contributed by atoms with Crippen molar-refractivity contribution in [2.45, 2.75) is 30.8 Å². The van der Waals surface area contributed by atoms with Crippen LogP contribution in [-0.4, -0.2) is 29.9 Å². The fraction of sp³-hybridized carbons (Fsp3) is 0.350. The van der Waals surface area contributed by atoms with E-state index in [4.69, 9.17) is 0 Å². The molecule has 0 bridgehead atoms. The minimum Gasteiger partial charge on any atom is -0.344 e. The van der Waals surface area contributed by atoms with Crippen molar-refractivity contribution in [1.29, 1.82) is 0 Å². The van der Waals surface area contributed by atoms with Crippen LogP contribution in [0, 0.1) is 11.6 Å². The Morgan fingerprint density at radius 2 is 1.80 bits per heavy atom. The normalized spacial score (nSPS) is 26.0. The lowest BCUT2D eigenvalue weighted by molar-refractivity contribution is -0.131. The molecular weight excluding hydrogens is 322 g/mol.